The lowest BCUT2D eigenvalue weighted by atomic mass is 10.2. The molecule has 2 aromatic rings. The number of halogens is 2. The number of benzene rings is 2. The van der Waals surface area contributed by atoms with Gasteiger partial charge in [-0.25, -0.2) is 13.1 Å². The average Bonchev–Trinajstić information content (AvgIpc) is 2.67. The minimum atomic E-state index is -3.62. The maximum absolute atomic E-state index is 12.5. The first-order valence-electron chi connectivity index (χ1n) is 9.44. The van der Waals surface area contributed by atoms with E-state index in [1.165, 1.54) is 54.6 Å². The summed E-state index contributed by atoms with van der Waals surface area (Å²) in [6.45, 7) is 2.42. The molecule has 0 saturated heterocycles. The van der Waals surface area contributed by atoms with Crippen LogP contribution in [0.25, 0.3) is 6.08 Å². The standard InChI is InChI=1S/C21H24F2N2O5S/c1-4-29-19-13-15(5-11-18(19)30-21(22)23)6-12-20(26)24-16-7-9-17(10-8-16)31(27,28)25-14(2)3/h5-14,21,25H,4H2,1-3H3,(H,24,26)/b12-6+. The van der Waals surface area contributed by atoms with Gasteiger partial charge in [0.2, 0.25) is 15.9 Å². The molecule has 0 aliphatic rings. The number of ether oxygens (including phenoxy) is 2. The van der Waals surface area contributed by atoms with Crippen LogP contribution in [0.1, 0.15) is 26.3 Å². The van der Waals surface area contributed by atoms with Gasteiger partial charge in [0, 0.05) is 17.8 Å². The Hall–Kier alpha value is -2.98. The molecular formula is C21H24F2N2O5S. The van der Waals surface area contributed by atoms with E-state index in [9.17, 15) is 22.0 Å². The van der Waals surface area contributed by atoms with Gasteiger partial charge in [-0.15, -0.1) is 0 Å². The van der Waals surface area contributed by atoms with E-state index in [-0.39, 0.29) is 29.0 Å². The predicted molar refractivity (Wildman–Crippen MR) is 114 cm³/mol. The van der Waals surface area contributed by atoms with Crippen molar-refractivity contribution in [1.29, 1.82) is 0 Å². The van der Waals surface area contributed by atoms with Crippen molar-refractivity contribution < 1.29 is 31.5 Å². The van der Waals surface area contributed by atoms with E-state index < -0.39 is 22.5 Å². The Morgan fingerprint density at radius 3 is 2.35 bits per heavy atom. The van der Waals surface area contributed by atoms with Crippen LogP contribution in [0.4, 0.5) is 14.5 Å². The Balaban J connectivity index is 2.06. The number of carbonyl (C=O) groups excluding carboxylic acids is 1. The van der Waals surface area contributed by atoms with Crippen molar-refractivity contribution in [1.82, 2.24) is 4.72 Å². The van der Waals surface area contributed by atoms with Crippen LogP contribution in [0.2, 0.25) is 0 Å². The second-order valence-electron chi connectivity index (χ2n) is 6.64. The molecule has 7 nitrogen and oxygen atoms in total. The summed E-state index contributed by atoms with van der Waals surface area (Å²) in [7, 11) is -3.62. The van der Waals surface area contributed by atoms with Gasteiger partial charge in [0.05, 0.1) is 11.5 Å². The second-order valence-corrected chi connectivity index (χ2v) is 8.35. The SMILES string of the molecule is CCOc1cc(/C=C/C(=O)Nc2ccc(S(=O)(=O)NC(C)C)cc2)ccc1OC(F)F. The lowest BCUT2D eigenvalue weighted by Gasteiger charge is -2.11. The van der Waals surface area contributed by atoms with Crippen molar-refractivity contribution in [2.24, 2.45) is 0 Å². The largest absolute Gasteiger partial charge is 0.490 e. The fourth-order valence-corrected chi connectivity index (χ4v) is 3.79. The van der Waals surface area contributed by atoms with Gasteiger partial charge in [0.1, 0.15) is 0 Å². The molecule has 31 heavy (non-hydrogen) atoms. The number of sulfonamides is 1. The lowest BCUT2D eigenvalue weighted by Crippen LogP contribution is -2.30. The smallest absolute Gasteiger partial charge is 0.387 e. The third-order valence-electron chi connectivity index (χ3n) is 3.73. The molecule has 10 heteroatoms. The molecule has 0 aromatic heterocycles. The summed E-state index contributed by atoms with van der Waals surface area (Å²) in [5.41, 5.74) is 0.954. The number of amides is 1. The van der Waals surface area contributed by atoms with E-state index in [4.69, 9.17) is 4.74 Å². The molecule has 0 aliphatic heterocycles. The molecule has 0 atom stereocenters. The van der Waals surface area contributed by atoms with Gasteiger partial charge >= 0.3 is 6.61 Å². The first-order valence-corrected chi connectivity index (χ1v) is 10.9. The molecule has 1 amide bonds. The van der Waals surface area contributed by atoms with Crippen LogP contribution in [0.3, 0.4) is 0 Å². The summed E-state index contributed by atoms with van der Waals surface area (Å²) in [6.07, 6.45) is 2.74. The number of alkyl halides is 2. The highest BCUT2D eigenvalue weighted by Crippen LogP contribution is 2.30. The molecule has 0 saturated carbocycles. The van der Waals surface area contributed by atoms with E-state index in [1.54, 1.807) is 20.8 Å². The molecule has 0 spiro atoms. The highest BCUT2D eigenvalue weighted by atomic mass is 32.2. The van der Waals surface area contributed by atoms with Gasteiger partial charge in [-0.2, -0.15) is 8.78 Å². The van der Waals surface area contributed by atoms with Gasteiger partial charge in [-0.05, 0) is 68.8 Å². The number of hydrogen-bond acceptors (Lipinski definition) is 5. The van der Waals surface area contributed by atoms with E-state index >= 15 is 0 Å². The third kappa shape index (κ3) is 7.65. The molecule has 0 bridgehead atoms. The Kier molecular flexibility index (Phi) is 8.52. The van der Waals surface area contributed by atoms with E-state index in [2.05, 4.69) is 14.8 Å². The molecule has 2 rings (SSSR count). The van der Waals surface area contributed by atoms with Crippen LogP contribution >= 0.6 is 0 Å². The minimum Gasteiger partial charge on any atom is -0.490 e. The van der Waals surface area contributed by atoms with Crippen LogP contribution in [-0.2, 0) is 14.8 Å². The van der Waals surface area contributed by atoms with Gasteiger partial charge in [-0.3, -0.25) is 4.79 Å². The average molecular weight is 454 g/mol. The summed E-state index contributed by atoms with van der Waals surface area (Å²) in [4.78, 5) is 12.2. The molecule has 168 valence electrons. The Morgan fingerprint density at radius 2 is 1.77 bits per heavy atom. The van der Waals surface area contributed by atoms with Crippen molar-refractivity contribution >= 4 is 27.7 Å². The van der Waals surface area contributed by atoms with Gasteiger partial charge in [0.15, 0.2) is 11.5 Å². The molecule has 0 aliphatic carbocycles. The molecular weight excluding hydrogens is 430 g/mol. The number of nitrogens with one attached hydrogen (secondary N) is 2. The first-order chi connectivity index (χ1) is 14.6. The van der Waals surface area contributed by atoms with Crippen LogP contribution in [0.5, 0.6) is 11.5 Å². The van der Waals surface area contributed by atoms with Crippen molar-refractivity contribution in [2.45, 2.75) is 38.3 Å². The monoisotopic (exact) mass is 454 g/mol. The van der Waals surface area contributed by atoms with Crippen molar-refractivity contribution in [3.05, 3.63) is 54.1 Å². The van der Waals surface area contributed by atoms with Crippen molar-refractivity contribution in [3.8, 4) is 11.5 Å². The van der Waals surface area contributed by atoms with Gasteiger partial charge in [0.25, 0.3) is 0 Å². The number of rotatable bonds is 10. The molecule has 0 radical (unpaired) electrons. The summed E-state index contributed by atoms with van der Waals surface area (Å²) in [5, 5.41) is 2.61. The summed E-state index contributed by atoms with van der Waals surface area (Å²) < 4.78 is 61.4. The molecule has 2 N–H and O–H groups in total. The van der Waals surface area contributed by atoms with Crippen LogP contribution in [0.15, 0.2) is 53.4 Å². The zero-order valence-corrected chi connectivity index (χ0v) is 18.1. The molecule has 2 aromatic carbocycles. The van der Waals surface area contributed by atoms with Crippen molar-refractivity contribution in [2.75, 3.05) is 11.9 Å². The van der Waals surface area contributed by atoms with Gasteiger partial charge < -0.3 is 14.8 Å². The number of carbonyl (C=O) groups is 1. The Bertz CT molecular complexity index is 1020. The lowest BCUT2D eigenvalue weighted by molar-refractivity contribution is -0.111. The topological polar surface area (TPSA) is 93.7 Å². The van der Waals surface area contributed by atoms with E-state index in [1.807, 2.05) is 0 Å². The maximum Gasteiger partial charge on any atom is 0.387 e. The second kappa shape index (κ2) is 10.9. The van der Waals surface area contributed by atoms with Gasteiger partial charge in [-0.1, -0.05) is 6.07 Å². The highest BCUT2D eigenvalue weighted by molar-refractivity contribution is 7.89. The summed E-state index contributed by atoms with van der Waals surface area (Å²) in [6, 6.07) is 9.81. The van der Waals surface area contributed by atoms with Crippen LogP contribution in [-0.4, -0.2) is 33.6 Å². The maximum atomic E-state index is 12.5. The fourth-order valence-electron chi connectivity index (χ4n) is 2.54. The summed E-state index contributed by atoms with van der Waals surface area (Å²) >= 11 is 0. The van der Waals surface area contributed by atoms with Crippen LogP contribution in [0, 0.1) is 0 Å². The predicted octanol–water partition coefficient (Wildman–Crippen LogP) is 4.03. The van der Waals surface area contributed by atoms with E-state index in [0.29, 0.717) is 11.3 Å². The molecule has 0 fully saturated rings. The molecule has 0 heterocycles. The summed E-state index contributed by atoms with van der Waals surface area (Å²) in [5.74, 6) is -0.417. The third-order valence-corrected chi connectivity index (χ3v) is 5.41. The fraction of sp³-hybridized carbons (Fsp3) is 0.286. The first kappa shape index (κ1) is 24.3. The van der Waals surface area contributed by atoms with Crippen LogP contribution < -0.4 is 19.5 Å². The zero-order valence-electron chi connectivity index (χ0n) is 17.3. The normalized spacial score (nSPS) is 11.8. The Morgan fingerprint density at radius 1 is 1.10 bits per heavy atom. The van der Waals surface area contributed by atoms with E-state index in [0.717, 1.165) is 0 Å². The minimum absolute atomic E-state index is 0.0873. The quantitative estimate of drug-likeness (QED) is 0.529. The van der Waals surface area contributed by atoms with Crippen molar-refractivity contribution in [3.63, 3.8) is 0 Å². The molecule has 0 unspecified atom stereocenters. The Labute approximate surface area is 180 Å². The zero-order chi connectivity index (χ0) is 23.0. The number of hydrogen-bond donors (Lipinski definition) is 2. The highest BCUT2D eigenvalue weighted by Gasteiger charge is 2.15. The number of anilines is 1.